The van der Waals surface area contributed by atoms with Crippen molar-refractivity contribution in [2.45, 2.75) is 38.1 Å². The molecular weight excluding hydrogens is 204 g/mol. The van der Waals surface area contributed by atoms with Crippen LogP contribution < -0.4 is 10.7 Å². The van der Waals surface area contributed by atoms with Crippen LogP contribution in [0.1, 0.15) is 43.0 Å². The Morgan fingerprint density at radius 2 is 2.31 bits per heavy atom. The zero-order valence-electron chi connectivity index (χ0n) is 9.38. The molecule has 1 aromatic heterocycles. The lowest BCUT2D eigenvalue weighted by Gasteiger charge is -2.41. The number of H-pyrrole nitrogens is 1. The molecule has 86 valence electrons. The molecule has 1 fully saturated rings. The first kappa shape index (κ1) is 10.9. The van der Waals surface area contributed by atoms with Crippen LogP contribution >= 0.6 is 0 Å². The number of nitrogens with one attached hydrogen (secondary N) is 2. The van der Waals surface area contributed by atoms with Crippen molar-refractivity contribution >= 4 is 5.91 Å². The minimum atomic E-state index is -0.261. The van der Waals surface area contributed by atoms with E-state index in [4.69, 9.17) is 0 Å². The highest BCUT2D eigenvalue weighted by Gasteiger charge is 2.36. The predicted octanol–water partition coefficient (Wildman–Crippen LogP) is 1.44. The van der Waals surface area contributed by atoms with E-state index in [0.717, 1.165) is 25.7 Å². The average Bonchev–Trinajstić information content (AvgIpc) is 2.24. The van der Waals surface area contributed by atoms with Crippen molar-refractivity contribution in [3.05, 3.63) is 34.2 Å². The van der Waals surface area contributed by atoms with E-state index < -0.39 is 0 Å². The fourth-order valence-corrected chi connectivity index (χ4v) is 2.07. The first-order chi connectivity index (χ1) is 7.67. The van der Waals surface area contributed by atoms with Crippen molar-refractivity contribution in [1.82, 2.24) is 10.3 Å². The summed E-state index contributed by atoms with van der Waals surface area (Å²) in [7, 11) is 0. The topological polar surface area (TPSA) is 62.0 Å². The number of hydrogen-bond donors (Lipinski definition) is 2. The third-order valence-electron chi connectivity index (χ3n) is 3.43. The van der Waals surface area contributed by atoms with Crippen molar-refractivity contribution in [2.24, 2.45) is 0 Å². The molecule has 16 heavy (non-hydrogen) atoms. The second kappa shape index (κ2) is 4.12. The van der Waals surface area contributed by atoms with Crippen LogP contribution in [0.3, 0.4) is 0 Å². The largest absolute Gasteiger partial charge is 0.367 e. The van der Waals surface area contributed by atoms with E-state index >= 15 is 0 Å². The molecular formula is C12H16N2O2. The molecule has 2 rings (SSSR count). The number of hydrogen-bond acceptors (Lipinski definition) is 2. The second-order valence-electron chi connectivity index (χ2n) is 4.36. The van der Waals surface area contributed by atoms with Gasteiger partial charge in [-0.2, -0.15) is 0 Å². The standard InChI is InChI=1S/C12H16N2O2/c1-2-12(5-3-6-12)14-11(16)9-8-13-7-4-10(9)15/h4,7-8H,2-3,5-6H2,1H3,(H,13,15)(H,14,16). The highest BCUT2D eigenvalue weighted by Crippen LogP contribution is 2.34. The van der Waals surface area contributed by atoms with Gasteiger partial charge in [0.05, 0.1) is 0 Å². The monoisotopic (exact) mass is 220 g/mol. The van der Waals surface area contributed by atoms with Crippen molar-refractivity contribution in [3.8, 4) is 0 Å². The highest BCUT2D eigenvalue weighted by molar-refractivity contribution is 5.94. The third-order valence-corrected chi connectivity index (χ3v) is 3.43. The minimum absolute atomic E-state index is 0.0701. The fraction of sp³-hybridized carbons (Fsp3) is 0.500. The van der Waals surface area contributed by atoms with Gasteiger partial charge in [0.1, 0.15) is 5.56 Å². The first-order valence-corrected chi connectivity index (χ1v) is 5.66. The summed E-state index contributed by atoms with van der Waals surface area (Å²) in [4.78, 5) is 26.1. The Morgan fingerprint density at radius 3 is 2.81 bits per heavy atom. The van der Waals surface area contributed by atoms with E-state index in [1.54, 1.807) is 0 Å². The van der Waals surface area contributed by atoms with Crippen molar-refractivity contribution < 1.29 is 4.79 Å². The summed E-state index contributed by atoms with van der Waals surface area (Å²) in [5.74, 6) is -0.261. The zero-order chi connectivity index (χ0) is 11.6. The fourth-order valence-electron chi connectivity index (χ4n) is 2.07. The number of rotatable bonds is 3. The van der Waals surface area contributed by atoms with Gasteiger partial charge in [0, 0.05) is 24.0 Å². The van der Waals surface area contributed by atoms with E-state index in [1.807, 2.05) is 0 Å². The SMILES string of the molecule is CCC1(NC(=O)c2c[nH]ccc2=O)CCC1. The Hall–Kier alpha value is -1.58. The molecule has 0 unspecified atom stereocenters. The average molecular weight is 220 g/mol. The number of amides is 1. The molecule has 0 atom stereocenters. The van der Waals surface area contributed by atoms with E-state index in [2.05, 4.69) is 17.2 Å². The van der Waals surface area contributed by atoms with Crippen molar-refractivity contribution in [3.63, 3.8) is 0 Å². The van der Waals surface area contributed by atoms with Crippen LogP contribution in [0.5, 0.6) is 0 Å². The molecule has 0 spiro atoms. The number of carbonyl (C=O) groups is 1. The highest BCUT2D eigenvalue weighted by atomic mass is 16.2. The lowest BCUT2D eigenvalue weighted by Crippen LogP contribution is -2.53. The summed E-state index contributed by atoms with van der Waals surface area (Å²) >= 11 is 0. The number of pyridine rings is 1. The summed E-state index contributed by atoms with van der Waals surface area (Å²) in [6.45, 7) is 2.06. The Morgan fingerprint density at radius 1 is 1.56 bits per heavy atom. The van der Waals surface area contributed by atoms with Gasteiger partial charge in [0.15, 0.2) is 5.43 Å². The van der Waals surface area contributed by atoms with E-state index in [9.17, 15) is 9.59 Å². The normalized spacial score (nSPS) is 17.6. The Balaban J connectivity index is 2.15. The van der Waals surface area contributed by atoms with Gasteiger partial charge in [-0.15, -0.1) is 0 Å². The molecule has 0 aliphatic heterocycles. The number of aromatic amines is 1. The van der Waals surface area contributed by atoms with Gasteiger partial charge in [-0.25, -0.2) is 0 Å². The maximum absolute atomic E-state index is 11.9. The maximum atomic E-state index is 11.9. The molecule has 1 aliphatic carbocycles. The predicted molar refractivity (Wildman–Crippen MR) is 61.4 cm³/mol. The molecule has 4 heteroatoms. The number of carbonyl (C=O) groups excluding carboxylic acids is 1. The van der Waals surface area contributed by atoms with Gasteiger partial charge >= 0.3 is 0 Å². The van der Waals surface area contributed by atoms with E-state index in [1.165, 1.54) is 18.5 Å². The summed E-state index contributed by atoms with van der Waals surface area (Å²) in [5, 5.41) is 2.98. The molecule has 1 heterocycles. The molecule has 4 nitrogen and oxygen atoms in total. The molecule has 1 aliphatic rings. The van der Waals surface area contributed by atoms with Crippen LogP contribution in [0.4, 0.5) is 0 Å². The minimum Gasteiger partial charge on any atom is -0.367 e. The Labute approximate surface area is 94.1 Å². The third kappa shape index (κ3) is 1.87. The van der Waals surface area contributed by atoms with Gasteiger partial charge in [-0.05, 0) is 25.7 Å². The van der Waals surface area contributed by atoms with Crippen LogP contribution in [0.25, 0.3) is 0 Å². The van der Waals surface area contributed by atoms with Gasteiger partial charge in [-0.1, -0.05) is 6.92 Å². The summed E-state index contributed by atoms with van der Waals surface area (Å²) in [6.07, 6.45) is 7.08. The molecule has 0 radical (unpaired) electrons. The molecule has 0 bridgehead atoms. The van der Waals surface area contributed by atoms with Crippen LogP contribution in [0, 0.1) is 0 Å². The number of aromatic nitrogens is 1. The van der Waals surface area contributed by atoms with Crippen molar-refractivity contribution in [2.75, 3.05) is 0 Å². The lowest BCUT2D eigenvalue weighted by molar-refractivity contribution is 0.0819. The Kier molecular flexibility index (Phi) is 2.81. The molecule has 1 amide bonds. The summed E-state index contributed by atoms with van der Waals surface area (Å²) < 4.78 is 0. The Bertz CT molecular complexity index is 441. The summed E-state index contributed by atoms with van der Waals surface area (Å²) in [6, 6.07) is 1.37. The molecule has 0 saturated heterocycles. The second-order valence-corrected chi connectivity index (χ2v) is 4.36. The van der Waals surface area contributed by atoms with Gasteiger partial charge in [0.25, 0.3) is 5.91 Å². The van der Waals surface area contributed by atoms with Crippen LogP contribution in [-0.4, -0.2) is 16.4 Å². The van der Waals surface area contributed by atoms with Gasteiger partial charge in [-0.3, -0.25) is 9.59 Å². The lowest BCUT2D eigenvalue weighted by atomic mass is 9.74. The van der Waals surface area contributed by atoms with Crippen LogP contribution in [0.15, 0.2) is 23.3 Å². The molecule has 2 N–H and O–H groups in total. The van der Waals surface area contributed by atoms with Crippen LogP contribution in [0.2, 0.25) is 0 Å². The molecule has 1 saturated carbocycles. The first-order valence-electron chi connectivity index (χ1n) is 5.66. The molecule has 0 aromatic carbocycles. The van der Waals surface area contributed by atoms with Gasteiger partial charge in [0.2, 0.25) is 0 Å². The van der Waals surface area contributed by atoms with E-state index in [-0.39, 0.29) is 22.4 Å². The maximum Gasteiger partial charge on any atom is 0.257 e. The van der Waals surface area contributed by atoms with E-state index in [0.29, 0.717) is 0 Å². The quantitative estimate of drug-likeness (QED) is 0.809. The zero-order valence-corrected chi connectivity index (χ0v) is 9.38. The summed E-state index contributed by atoms with van der Waals surface area (Å²) in [5.41, 5.74) is -0.108. The van der Waals surface area contributed by atoms with Gasteiger partial charge < -0.3 is 10.3 Å². The van der Waals surface area contributed by atoms with Crippen molar-refractivity contribution in [1.29, 1.82) is 0 Å². The smallest absolute Gasteiger partial charge is 0.257 e. The molecule has 1 aromatic rings. The van der Waals surface area contributed by atoms with Crippen LogP contribution in [-0.2, 0) is 0 Å².